The summed E-state index contributed by atoms with van der Waals surface area (Å²) < 4.78 is 5.42. The van der Waals surface area contributed by atoms with E-state index < -0.39 is 0 Å². The molecule has 0 amide bonds. The van der Waals surface area contributed by atoms with Gasteiger partial charge in [-0.05, 0) is 25.7 Å². The third-order valence-corrected chi connectivity index (χ3v) is 4.28. The fourth-order valence-electron chi connectivity index (χ4n) is 3.25. The summed E-state index contributed by atoms with van der Waals surface area (Å²) in [5.41, 5.74) is 0. The van der Waals surface area contributed by atoms with Crippen molar-refractivity contribution in [1.82, 2.24) is 5.32 Å². The van der Waals surface area contributed by atoms with Gasteiger partial charge in [-0.1, -0.05) is 19.3 Å². The molecule has 96 valence electrons. The number of diazo groups is 1. The number of hydrogen-bond donors (Lipinski definition) is 1. The van der Waals surface area contributed by atoms with Crippen LogP contribution in [0.1, 0.15) is 51.4 Å². The molecular weight excluding hydrogens is 214 g/mol. The van der Waals surface area contributed by atoms with Gasteiger partial charge in [-0.15, -0.1) is 0 Å². The molecule has 0 aromatic heterocycles. The molecule has 2 aliphatic rings. The van der Waals surface area contributed by atoms with Crippen molar-refractivity contribution < 1.29 is 4.74 Å². The highest BCUT2D eigenvalue weighted by Gasteiger charge is 2.39. The summed E-state index contributed by atoms with van der Waals surface area (Å²) >= 11 is 0. The van der Waals surface area contributed by atoms with E-state index in [0.29, 0.717) is 12.1 Å². The number of nitrogens with one attached hydrogen (secondary N) is 1. The standard InChI is InChI=1S/C13H24N3O/c1-17-13-9-11(7-8-12(13)16-14)15-10-5-3-2-4-6-10/h10-13,15H,2-9H2,1H3/q+1. The Kier molecular flexibility index (Phi) is 4.75. The van der Waals surface area contributed by atoms with Gasteiger partial charge in [0.05, 0.1) is 0 Å². The van der Waals surface area contributed by atoms with Crippen molar-refractivity contribution in [2.45, 2.75) is 75.6 Å². The maximum atomic E-state index is 8.92. The quantitative estimate of drug-likeness (QED) is 0.769. The molecule has 2 fully saturated rings. The van der Waals surface area contributed by atoms with E-state index in [4.69, 9.17) is 10.1 Å². The van der Waals surface area contributed by atoms with Crippen LogP contribution in [0.15, 0.2) is 0 Å². The Morgan fingerprint density at radius 2 is 1.82 bits per heavy atom. The molecule has 0 heterocycles. The minimum absolute atomic E-state index is 0.0237. The monoisotopic (exact) mass is 238 g/mol. The lowest BCUT2D eigenvalue weighted by Gasteiger charge is -2.32. The van der Waals surface area contributed by atoms with Crippen LogP contribution in [0.3, 0.4) is 0 Å². The molecule has 1 N–H and O–H groups in total. The molecular formula is C13H24N3O+. The van der Waals surface area contributed by atoms with Crippen molar-refractivity contribution in [3.63, 3.8) is 0 Å². The van der Waals surface area contributed by atoms with Crippen molar-refractivity contribution in [3.05, 3.63) is 4.98 Å². The molecule has 0 aromatic rings. The van der Waals surface area contributed by atoms with Crippen LogP contribution in [0, 0.1) is 5.39 Å². The van der Waals surface area contributed by atoms with Crippen LogP contribution in [0.5, 0.6) is 0 Å². The first-order valence-corrected chi connectivity index (χ1v) is 6.96. The fraction of sp³-hybridized carbons (Fsp3) is 1.00. The Labute approximate surface area is 104 Å². The molecule has 0 aliphatic heterocycles. The largest absolute Gasteiger partial charge is 0.373 e. The van der Waals surface area contributed by atoms with Gasteiger partial charge >= 0.3 is 6.04 Å². The second kappa shape index (κ2) is 6.32. The summed E-state index contributed by atoms with van der Waals surface area (Å²) in [6.07, 6.45) is 9.86. The van der Waals surface area contributed by atoms with Crippen molar-refractivity contribution in [2.24, 2.45) is 0 Å². The number of hydrogen-bond acceptors (Lipinski definition) is 3. The second-order valence-corrected chi connectivity index (χ2v) is 5.47. The fourth-order valence-corrected chi connectivity index (χ4v) is 3.25. The normalized spacial score (nSPS) is 35.4. The van der Waals surface area contributed by atoms with Gasteiger partial charge < -0.3 is 10.1 Å². The van der Waals surface area contributed by atoms with E-state index in [1.54, 1.807) is 7.11 Å². The average Bonchev–Trinajstić information content (AvgIpc) is 2.40. The third-order valence-electron chi connectivity index (χ3n) is 4.28. The van der Waals surface area contributed by atoms with E-state index in [2.05, 4.69) is 10.3 Å². The molecule has 2 rings (SSSR count). The predicted molar refractivity (Wildman–Crippen MR) is 67.3 cm³/mol. The van der Waals surface area contributed by atoms with Crippen LogP contribution in [0.25, 0.3) is 4.98 Å². The molecule has 0 saturated heterocycles. The van der Waals surface area contributed by atoms with Crippen molar-refractivity contribution in [2.75, 3.05) is 7.11 Å². The zero-order chi connectivity index (χ0) is 12.1. The molecule has 0 radical (unpaired) electrons. The van der Waals surface area contributed by atoms with Crippen LogP contribution in [-0.2, 0) is 4.74 Å². The molecule has 3 unspecified atom stereocenters. The van der Waals surface area contributed by atoms with Gasteiger partial charge in [0.25, 0.3) is 0 Å². The van der Waals surface area contributed by atoms with E-state index >= 15 is 0 Å². The summed E-state index contributed by atoms with van der Waals surface area (Å²) in [6, 6.07) is 1.22. The molecule has 2 aliphatic carbocycles. The SMILES string of the molecule is COC1CC(NC2CCCCC2)CCC1[N+]#N. The lowest BCUT2D eigenvalue weighted by atomic mass is 9.87. The van der Waals surface area contributed by atoms with Gasteiger partial charge in [-0.2, -0.15) is 0 Å². The molecule has 17 heavy (non-hydrogen) atoms. The van der Waals surface area contributed by atoms with Gasteiger partial charge in [-0.25, -0.2) is 0 Å². The van der Waals surface area contributed by atoms with Crippen molar-refractivity contribution >= 4 is 0 Å². The minimum atomic E-state index is -0.0237. The van der Waals surface area contributed by atoms with E-state index in [9.17, 15) is 0 Å². The molecule has 0 aromatic carbocycles. The Balaban J connectivity index is 1.80. The topological polar surface area (TPSA) is 49.4 Å². The van der Waals surface area contributed by atoms with E-state index in [0.717, 1.165) is 19.3 Å². The van der Waals surface area contributed by atoms with Gasteiger partial charge in [-0.3, -0.25) is 0 Å². The van der Waals surface area contributed by atoms with Crippen LogP contribution in [-0.4, -0.2) is 31.3 Å². The van der Waals surface area contributed by atoms with Gasteiger partial charge in [0.2, 0.25) is 5.39 Å². The lowest BCUT2D eigenvalue weighted by molar-refractivity contribution is 0.0497. The maximum Gasteiger partial charge on any atom is 0.339 e. The Morgan fingerprint density at radius 3 is 2.47 bits per heavy atom. The summed E-state index contributed by atoms with van der Waals surface area (Å²) in [7, 11) is 1.71. The summed E-state index contributed by atoms with van der Waals surface area (Å²) in [6.45, 7) is 0. The molecule has 2 saturated carbocycles. The van der Waals surface area contributed by atoms with Crippen LogP contribution < -0.4 is 5.32 Å². The predicted octanol–water partition coefficient (Wildman–Crippen LogP) is 2.70. The van der Waals surface area contributed by atoms with Crippen LogP contribution >= 0.6 is 0 Å². The maximum absolute atomic E-state index is 8.92. The summed E-state index contributed by atoms with van der Waals surface area (Å²) in [5, 5.41) is 12.7. The molecule has 0 bridgehead atoms. The molecule has 4 heteroatoms. The first kappa shape index (κ1) is 12.8. The van der Waals surface area contributed by atoms with E-state index in [-0.39, 0.29) is 12.1 Å². The van der Waals surface area contributed by atoms with Crippen molar-refractivity contribution in [3.8, 4) is 0 Å². The van der Waals surface area contributed by atoms with Gasteiger partial charge in [0, 0.05) is 25.6 Å². The third kappa shape index (κ3) is 3.40. The van der Waals surface area contributed by atoms with Crippen LogP contribution in [0.4, 0.5) is 0 Å². The first-order chi connectivity index (χ1) is 8.33. The Hall–Kier alpha value is -0.660. The smallest absolute Gasteiger partial charge is 0.339 e. The average molecular weight is 238 g/mol. The van der Waals surface area contributed by atoms with E-state index in [1.165, 1.54) is 32.1 Å². The zero-order valence-electron chi connectivity index (χ0n) is 10.8. The number of nitrogens with zero attached hydrogens (tertiary/aromatic N) is 2. The second-order valence-electron chi connectivity index (χ2n) is 5.47. The first-order valence-electron chi connectivity index (χ1n) is 6.96. The van der Waals surface area contributed by atoms with Crippen LogP contribution in [0.2, 0.25) is 0 Å². The highest BCUT2D eigenvalue weighted by atomic mass is 16.5. The van der Waals surface area contributed by atoms with Gasteiger partial charge in [0.1, 0.15) is 11.1 Å². The highest BCUT2D eigenvalue weighted by molar-refractivity contribution is 4.94. The number of rotatable bonds is 3. The van der Waals surface area contributed by atoms with Gasteiger partial charge in [0.15, 0.2) is 0 Å². The minimum Gasteiger partial charge on any atom is -0.373 e. The Morgan fingerprint density at radius 1 is 1.06 bits per heavy atom. The van der Waals surface area contributed by atoms with E-state index in [1.807, 2.05) is 0 Å². The summed E-state index contributed by atoms with van der Waals surface area (Å²) in [4.78, 5) is 3.43. The van der Waals surface area contributed by atoms with Crippen molar-refractivity contribution in [1.29, 1.82) is 5.39 Å². The molecule has 0 spiro atoms. The lowest BCUT2D eigenvalue weighted by Crippen LogP contribution is -2.46. The number of methoxy groups -OCH3 is 1. The highest BCUT2D eigenvalue weighted by Crippen LogP contribution is 2.26. The molecule has 4 nitrogen and oxygen atoms in total. The zero-order valence-corrected chi connectivity index (χ0v) is 10.8. The summed E-state index contributed by atoms with van der Waals surface area (Å²) in [5.74, 6) is 0. The number of ether oxygens (including phenoxy) is 1. The molecule has 3 atom stereocenters. The Bertz CT molecular complexity index is 270.